The molecular formula is C30H32N4O4. The van der Waals surface area contributed by atoms with Crippen LogP contribution in [0, 0.1) is 0 Å². The van der Waals surface area contributed by atoms with E-state index in [0.29, 0.717) is 34.6 Å². The van der Waals surface area contributed by atoms with Gasteiger partial charge >= 0.3 is 5.97 Å². The smallest absolute Gasteiger partial charge is 0.337 e. The van der Waals surface area contributed by atoms with E-state index in [9.17, 15) is 14.4 Å². The minimum atomic E-state index is -0.472. The van der Waals surface area contributed by atoms with Crippen LogP contribution in [-0.4, -0.2) is 56.5 Å². The summed E-state index contributed by atoms with van der Waals surface area (Å²) in [7, 11) is 5.06. The van der Waals surface area contributed by atoms with Gasteiger partial charge in [-0.05, 0) is 69.9 Å². The van der Waals surface area contributed by atoms with Gasteiger partial charge in [-0.1, -0.05) is 36.4 Å². The van der Waals surface area contributed by atoms with E-state index in [1.54, 1.807) is 23.1 Å². The van der Waals surface area contributed by atoms with E-state index >= 15 is 0 Å². The Balaban J connectivity index is 1.73. The highest BCUT2D eigenvalue weighted by atomic mass is 16.5. The Morgan fingerprint density at radius 3 is 2.24 bits per heavy atom. The number of nitrogens with one attached hydrogen (secondary N) is 2. The molecule has 0 aromatic heterocycles. The minimum absolute atomic E-state index is 0.00294. The lowest BCUT2D eigenvalue weighted by atomic mass is 9.99. The van der Waals surface area contributed by atoms with Crippen LogP contribution in [0.3, 0.4) is 0 Å². The predicted molar refractivity (Wildman–Crippen MR) is 151 cm³/mol. The molecule has 0 spiro atoms. The number of hydrogen-bond acceptors (Lipinski definition) is 6. The third-order valence-electron chi connectivity index (χ3n) is 6.15. The van der Waals surface area contributed by atoms with Gasteiger partial charge in [0.25, 0.3) is 5.91 Å². The predicted octanol–water partition coefficient (Wildman–Crippen LogP) is 4.71. The van der Waals surface area contributed by atoms with Crippen molar-refractivity contribution in [2.24, 2.45) is 0 Å². The molecule has 4 rings (SSSR count). The quantitative estimate of drug-likeness (QED) is 0.336. The van der Waals surface area contributed by atoms with Crippen LogP contribution in [0.15, 0.2) is 72.8 Å². The molecule has 2 N–H and O–H groups in total. The average molecular weight is 513 g/mol. The molecule has 2 amide bonds. The summed E-state index contributed by atoms with van der Waals surface area (Å²) in [5.74, 6) is -0.728. The lowest BCUT2D eigenvalue weighted by molar-refractivity contribution is -0.119. The molecule has 0 atom stereocenters. The maximum Gasteiger partial charge on any atom is 0.337 e. The highest BCUT2D eigenvalue weighted by Gasteiger charge is 2.29. The van der Waals surface area contributed by atoms with E-state index in [4.69, 9.17) is 4.74 Å². The Labute approximate surface area is 222 Å². The van der Waals surface area contributed by atoms with Crippen molar-refractivity contribution < 1.29 is 19.1 Å². The minimum Gasteiger partial charge on any atom is -0.465 e. The molecule has 0 fully saturated rings. The summed E-state index contributed by atoms with van der Waals surface area (Å²) in [5.41, 5.74) is 5.08. The van der Waals surface area contributed by atoms with Crippen molar-refractivity contribution in [1.29, 1.82) is 0 Å². The van der Waals surface area contributed by atoms with E-state index < -0.39 is 5.97 Å². The summed E-state index contributed by atoms with van der Waals surface area (Å²) < 4.78 is 4.82. The number of esters is 1. The third-order valence-corrected chi connectivity index (χ3v) is 6.15. The van der Waals surface area contributed by atoms with Gasteiger partial charge in [0.2, 0.25) is 5.91 Å². The van der Waals surface area contributed by atoms with Gasteiger partial charge in [-0.25, -0.2) is 4.79 Å². The van der Waals surface area contributed by atoms with Crippen LogP contribution in [0.5, 0.6) is 0 Å². The molecule has 1 aliphatic heterocycles. The maximum absolute atomic E-state index is 13.2. The summed E-state index contributed by atoms with van der Waals surface area (Å²) >= 11 is 0. The van der Waals surface area contributed by atoms with E-state index in [2.05, 4.69) is 10.6 Å². The molecule has 0 bridgehead atoms. The second-order valence-electron chi connectivity index (χ2n) is 9.59. The van der Waals surface area contributed by atoms with Gasteiger partial charge in [0, 0.05) is 23.0 Å². The number of fused-ring (bicyclic) bond motifs is 1. The molecule has 0 saturated carbocycles. The first-order valence-electron chi connectivity index (χ1n) is 12.4. The van der Waals surface area contributed by atoms with Gasteiger partial charge in [0.1, 0.15) is 0 Å². The van der Waals surface area contributed by atoms with E-state index in [0.717, 1.165) is 16.9 Å². The van der Waals surface area contributed by atoms with E-state index in [1.165, 1.54) is 7.11 Å². The Hall–Kier alpha value is -4.43. The van der Waals surface area contributed by atoms with Gasteiger partial charge in [-0.2, -0.15) is 0 Å². The van der Waals surface area contributed by atoms with Crippen LogP contribution in [0.4, 0.5) is 17.1 Å². The number of hydrogen-bond donors (Lipinski definition) is 2. The van der Waals surface area contributed by atoms with Crippen molar-refractivity contribution >= 4 is 46.1 Å². The lowest BCUT2D eigenvalue weighted by Gasteiger charge is -2.28. The number of rotatable bonds is 8. The normalized spacial score (nSPS) is 13.7. The summed E-state index contributed by atoms with van der Waals surface area (Å²) in [6.45, 7) is 4.29. The maximum atomic E-state index is 13.2. The first kappa shape index (κ1) is 26.6. The highest BCUT2D eigenvalue weighted by molar-refractivity contribution is 6.37. The number of benzene rings is 3. The van der Waals surface area contributed by atoms with Gasteiger partial charge in [0.15, 0.2) is 0 Å². The molecule has 1 heterocycles. The van der Waals surface area contributed by atoms with Crippen LogP contribution in [0.1, 0.15) is 35.3 Å². The Morgan fingerprint density at radius 1 is 0.947 bits per heavy atom. The Bertz CT molecular complexity index is 1380. The number of likely N-dealkylation sites (N-methyl/N-ethyl adjacent to an activating group) is 1. The first-order valence-corrected chi connectivity index (χ1v) is 12.4. The second-order valence-corrected chi connectivity index (χ2v) is 9.59. The molecule has 1 aliphatic rings. The van der Waals surface area contributed by atoms with Crippen LogP contribution in [-0.2, 0) is 14.3 Å². The second kappa shape index (κ2) is 11.3. The van der Waals surface area contributed by atoms with Crippen LogP contribution in [0.2, 0.25) is 0 Å². The van der Waals surface area contributed by atoms with Crippen LogP contribution < -0.4 is 15.5 Å². The molecule has 0 saturated heterocycles. The van der Waals surface area contributed by atoms with Crippen LogP contribution in [0.25, 0.3) is 11.3 Å². The van der Waals surface area contributed by atoms with Gasteiger partial charge in [-0.15, -0.1) is 0 Å². The molecule has 3 aromatic carbocycles. The summed E-state index contributed by atoms with van der Waals surface area (Å²) in [6.07, 6.45) is 0. The lowest BCUT2D eigenvalue weighted by Crippen LogP contribution is -2.42. The highest BCUT2D eigenvalue weighted by Crippen LogP contribution is 2.38. The number of carbonyl (C=O) groups excluding carboxylic acids is 3. The van der Waals surface area contributed by atoms with Crippen molar-refractivity contribution in [2.45, 2.75) is 19.9 Å². The van der Waals surface area contributed by atoms with Crippen molar-refractivity contribution in [1.82, 2.24) is 4.90 Å². The number of carbonyl (C=O) groups is 3. The van der Waals surface area contributed by atoms with Crippen molar-refractivity contribution in [3.05, 3.63) is 89.5 Å². The molecule has 0 unspecified atom stereocenters. The number of anilines is 3. The number of nitrogens with zero attached hydrogens (tertiary/aromatic N) is 2. The summed E-state index contributed by atoms with van der Waals surface area (Å²) in [4.78, 5) is 41.7. The zero-order chi connectivity index (χ0) is 27.4. The summed E-state index contributed by atoms with van der Waals surface area (Å²) in [6, 6.07) is 22.2. The molecule has 38 heavy (non-hydrogen) atoms. The molecule has 8 nitrogen and oxygen atoms in total. The Morgan fingerprint density at radius 2 is 1.63 bits per heavy atom. The SMILES string of the molecule is COC(=O)c1ccc2c(c1)NC(=O)/C2=C(\Nc1ccc(N(C(=O)CN(C)C)C(C)C)cc1)c1ccccc1. The zero-order valence-corrected chi connectivity index (χ0v) is 22.2. The fourth-order valence-corrected chi connectivity index (χ4v) is 4.48. The zero-order valence-electron chi connectivity index (χ0n) is 22.2. The molecule has 196 valence electrons. The monoisotopic (exact) mass is 512 g/mol. The van der Waals surface area contributed by atoms with Crippen molar-refractivity contribution in [3.8, 4) is 0 Å². The standard InChI is InChI=1S/C30H32N4O4/c1-19(2)34(26(35)18-33(3)4)23-14-12-22(13-15-23)31-28(20-9-7-6-8-10-20)27-24-16-11-21(30(37)38-5)17-25(24)32-29(27)36/h6-17,19,31H,18H2,1-5H3,(H,32,36)/b28-27-. The number of ether oxygens (including phenoxy) is 1. The molecular weight excluding hydrogens is 480 g/mol. The number of amides is 2. The average Bonchev–Trinajstić information content (AvgIpc) is 3.22. The van der Waals surface area contributed by atoms with Gasteiger partial charge < -0.3 is 25.2 Å². The van der Waals surface area contributed by atoms with Gasteiger partial charge in [-0.3, -0.25) is 9.59 Å². The number of methoxy groups -OCH3 is 1. The fourth-order valence-electron chi connectivity index (χ4n) is 4.48. The third kappa shape index (κ3) is 5.60. The van der Waals surface area contributed by atoms with E-state index in [-0.39, 0.29) is 17.9 Å². The molecule has 3 aromatic rings. The first-order chi connectivity index (χ1) is 18.2. The van der Waals surface area contributed by atoms with Crippen molar-refractivity contribution in [2.75, 3.05) is 43.3 Å². The topological polar surface area (TPSA) is 91.0 Å². The Kier molecular flexibility index (Phi) is 7.93. The fraction of sp³-hybridized carbons (Fsp3) is 0.233. The largest absolute Gasteiger partial charge is 0.465 e. The van der Waals surface area contributed by atoms with E-state index in [1.807, 2.05) is 87.4 Å². The van der Waals surface area contributed by atoms with Crippen molar-refractivity contribution in [3.63, 3.8) is 0 Å². The van der Waals surface area contributed by atoms with Gasteiger partial charge in [0.05, 0.1) is 36.2 Å². The molecule has 0 aliphatic carbocycles. The molecule has 8 heteroatoms. The van der Waals surface area contributed by atoms with Crippen LogP contribution >= 0.6 is 0 Å². The molecule has 0 radical (unpaired) electrons. The summed E-state index contributed by atoms with van der Waals surface area (Å²) in [5, 5.41) is 6.30.